The average molecular weight is 266 g/mol. The second-order valence-corrected chi connectivity index (χ2v) is 4.79. The number of hydrogen-bond acceptors (Lipinski definition) is 2. The maximum Gasteiger partial charge on any atom is 0.254 e. The molecule has 0 atom stereocenters. The van der Waals surface area contributed by atoms with Gasteiger partial charge < -0.3 is 4.74 Å². The molecule has 0 fully saturated rings. The number of ketones is 1. The fourth-order valence-corrected chi connectivity index (χ4v) is 1.19. The fourth-order valence-electron chi connectivity index (χ4n) is 0.564. The van der Waals surface area contributed by atoms with Crippen LogP contribution in [0.5, 0.6) is 0 Å². The van der Waals surface area contributed by atoms with Crippen LogP contribution < -0.4 is 0 Å². The standard InChI is InChI=1S/C7H8Cl4O2/c1-3-13-4(2)5(8)6(12)7(9,10)11/h3H2,1-2H3/b5-4-. The molecule has 0 aromatic carbocycles. The molecule has 0 heterocycles. The quantitative estimate of drug-likeness (QED) is 0.444. The lowest BCUT2D eigenvalue weighted by Crippen LogP contribution is -2.20. The highest BCUT2D eigenvalue weighted by molar-refractivity contribution is 6.79. The molecule has 0 aromatic heterocycles. The van der Waals surface area contributed by atoms with E-state index in [-0.39, 0.29) is 10.8 Å². The second-order valence-electron chi connectivity index (χ2n) is 2.13. The largest absolute Gasteiger partial charge is 0.497 e. The molecule has 0 saturated carbocycles. The molecular formula is C7H8Cl4O2. The molecule has 0 bridgehead atoms. The van der Waals surface area contributed by atoms with E-state index in [1.807, 2.05) is 0 Å². The van der Waals surface area contributed by atoms with Gasteiger partial charge in [-0.3, -0.25) is 4.79 Å². The van der Waals surface area contributed by atoms with Gasteiger partial charge in [0.25, 0.3) is 3.79 Å². The lowest BCUT2D eigenvalue weighted by Gasteiger charge is -2.10. The third-order valence-corrected chi connectivity index (χ3v) is 2.08. The Labute approximate surface area is 96.7 Å². The highest BCUT2D eigenvalue weighted by Crippen LogP contribution is 2.32. The van der Waals surface area contributed by atoms with Crippen molar-refractivity contribution in [2.24, 2.45) is 0 Å². The van der Waals surface area contributed by atoms with E-state index in [1.165, 1.54) is 6.92 Å². The van der Waals surface area contributed by atoms with Gasteiger partial charge in [-0.05, 0) is 13.8 Å². The SMILES string of the molecule is CCO/C(C)=C(\Cl)C(=O)C(Cl)(Cl)Cl. The summed E-state index contributed by atoms with van der Waals surface area (Å²) in [5.41, 5.74) is 0. The third kappa shape index (κ3) is 4.41. The molecule has 0 amide bonds. The molecule has 0 N–H and O–H groups in total. The summed E-state index contributed by atoms with van der Waals surface area (Å²) in [6.45, 7) is 3.68. The number of allylic oxidation sites excluding steroid dienone is 2. The number of alkyl halides is 3. The van der Waals surface area contributed by atoms with Crippen LogP contribution in [-0.2, 0) is 9.53 Å². The normalized spacial score (nSPS) is 13.7. The molecule has 0 aromatic rings. The van der Waals surface area contributed by atoms with Gasteiger partial charge in [-0.2, -0.15) is 0 Å². The summed E-state index contributed by atoms with van der Waals surface area (Å²) in [4.78, 5) is 11.2. The Kier molecular flexibility index (Phi) is 5.45. The third-order valence-electron chi connectivity index (χ3n) is 1.13. The van der Waals surface area contributed by atoms with E-state index in [0.717, 1.165) is 0 Å². The van der Waals surface area contributed by atoms with Crippen LogP contribution in [0.25, 0.3) is 0 Å². The number of rotatable bonds is 3. The molecule has 0 aliphatic rings. The van der Waals surface area contributed by atoms with Crippen LogP contribution in [0, 0.1) is 0 Å². The van der Waals surface area contributed by atoms with Crippen molar-refractivity contribution in [3.05, 3.63) is 10.8 Å². The van der Waals surface area contributed by atoms with Crippen molar-refractivity contribution in [2.45, 2.75) is 17.6 Å². The minimum atomic E-state index is -2.03. The van der Waals surface area contributed by atoms with Gasteiger partial charge in [0.05, 0.1) is 6.61 Å². The first-order valence-electron chi connectivity index (χ1n) is 3.41. The molecule has 0 aliphatic carbocycles. The first-order chi connectivity index (χ1) is 5.80. The van der Waals surface area contributed by atoms with E-state index < -0.39 is 9.58 Å². The Balaban J connectivity index is 4.68. The molecule has 0 unspecified atom stereocenters. The molecule has 0 saturated heterocycles. The van der Waals surface area contributed by atoms with Gasteiger partial charge in [-0.25, -0.2) is 0 Å². The monoisotopic (exact) mass is 264 g/mol. The summed E-state index contributed by atoms with van der Waals surface area (Å²) in [6, 6.07) is 0. The molecule has 76 valence electrons. The molecule has 0 aliphatic heterocycles. The Bertz CT molecular complexity index is 229. The van der Waals surface area contributed by atoms with Gasteiger partial charge >= 0.3 is 0 Å². The van der Waals surface area contributed by atoms with Crippen LogP contribution >= 0.6 is 46.4 Å². The van der Waals surface area contributed by atoms with Gasteiger partial charge in [0.1, 0.15) is 10.8 Å². The van der Waals surface area contributed by atoms with Crippen molar-refractivity contribution in [1.29, 1.82) is 0 Å². The molecule has 2 nitrogen and oxygen atoms in total. The number of halogens is 4. The number of Topliss-reactive ketones (excluding diaryl/α,β-unsaturated/α-hetero) is 1. The van der Waals surface area contributed by atoms with Gasteiger partial charge in [-0.15, -0.1) is 0 Å². The number of hydrogen-bond donors (Lipinski definition) is 0. The fraction of sp³-hybridized carbons (Fsp3) is 0.571. The second kappa shape index (κ2) is 5.30. The zero-order valence-corrected chi connectivity index (χ0v) is 10.1. The van der Waals surface area contributed by atoms with E-state index in [9.17, 15) is 4.79 Å². The summed E-state index contributed by atoms with van der Waals surface area (Å²) in [5, 5.41) is -0.193. The smallest absolute Gasteiger partial charge is 0.254 e. The van der Waals surface area contributed by atoms with Gasteiger partial charge in [0.15, 0.2) is 0 Å². The van der Waals surface area contributed by atoms with Crippen LogP contribution in [0.4, 0.5) is 0 Å². The lowest BCUT2D eigenvalue weighted by atomic mass is 10.3. The van der Waals surface area contributed by atoms with E-state index in [4.69, 9.17) is 51.1 Å². The maximum absolute atomic E-state index is 11.2. The zero-order valence-electron chi connectivity index (χ0n) is 7.04. The summed E-state index contributed by atoms with van der Waals surface area (Å²) in [6.07, 6.45) is 0. The lowest BCUT2D eigenvalue weighted by molar-refractivity contribution is -0.114. The number of carbonyl (C=O) groups excluding carboxylic acids is 1. The zero-order chi connectivity index (χ0) is 10.6. The molecule has 13 heavy (non-hydrogen) atoms. The maximum atomic E-state index is 11.2. The predicted molar refractivity (Wildman–Crippen MR) is 55.5 cm³/mol. The van der Waals surface area contributed by atoms with Crippen LogP contribution in [-0.4, -0.2) is 16.2 Å². The summed E-state index contributed by atoms with van der Waals surface area (Å²) < 4.78 is 2.94. The van der Waals surface area contributed by atoms with Crippen LogP contribution in [0.2, 0.25) is 0 Å². The van der Waals surface area contributed by atoms with Crippen LogP contribution in [0.1, 0.15) is 13.8 Å². The molecule has 0 rings (SSSR count). The summed E-state index contributed by atoms with van der Waals surface area (Å²) in [5.74, 6) is -0.536. The van der Waals surface area contributed by atoms with Gasteiger partial charge in [-0.1, -0.05) is 46.4 Å². The Hall–Kier alpha value is 0.370. The van der Waals surface area contributed by atoms with Crippen LogP contribution in [0.15, 0.2) is 10.8 Å². The Morgan fingerprint density at radius 2 is 1.85 bits per heavy atom. The average Bonchev–Trinajstić information content (AvgIpc) is 2.00. The van der Waals surface area contributed by atoms with Crippen molar-refractivity contribution in [1.82, 2.24) is 0 Å². The minimum Gasteiger partial charge on any atom is -0.497 e. The Morgan fingerprint density at radius 3 is 2.15 bits per heavy atom. The predicted octanol–water partition coefficient (Wildman–Crippen LogP) is 3.43. The first-order valence-corrected chi connectivity index (χ1v) is 4.92. The summed E-state index contributed by atoms with van der Waals surface area (Å²) in [7, 11) is 0. The van der Waals surface area contributed by atoms with Gasteiger partial charge in [0.2, 0.25) is 5.78 Å². The van der Waals surface area contributed by atoms with E-state index in [0.29, 0.717) is 6.61 Å². The van der Waals surface area contributed by atoms with E-state index >= 15 is 0 Å². The topological polar surface area (TPSA) is 26.3 Å². The van der Waals surface area contributed by atoms with E-state index in [2.05, 4.69) is 0 Å². The van der Waals surface area contributed by atoms with Crippen molar-refractivity contribution in [2.75, 3.05) is 6.61 Å². The molecular weight excluding hydrogens is 258 g/mol. The first kappa shape index (κ1) is 13.4. The number of ether oxygens (including phenoxy) is 1. The van der Waals surface area contributed by atoms with Gasteiger partial charge in [0, 0.05) is 0 Å². The van der Waals surface area contributed by atoms with Crippen molar-refractivity contribution in [3.8, 4) is 0 Å². The Morgan fingerprint density at radius 1 is 1.38 bits per heavy atom. The highest BCUT2D eigenvalue weighted by Gasteiger charge is 2.34. The van der Waals surface area contributed by atoms with Crippen LogP contribution in [0.3, 0.4) is 0 Å². The summed E-state index contributed by atoms with van der Waals surface area (Å²) >= 11 is 21.6. The molecule has 0 radical (unpaired) electrons. The molecule has 0 spiro atoms. The van der Waals surface area contributed by atoms with E-state index in [1.54, 1.807) is 6.92 Å². The number of carbonyl (C=O) groups is 1. The minimum absolute atomic E-state index is 0.193. The van der Waals surface area contributed by atoms with Crippen molar-refractivity contribution in [3.63, 3.8) is 0 Å². The molecule has 6 heteroatoms. The van der Waals surface area contributed by atoms with Crippen molar-refractivity contribution < 1.29 is 9.53 Å². The van der Waals surface area contributed by atoms with Crippen molar-refractivity contribution >= 4 is 52.2 Å². The highest BCUT2D eigenvalue weighted by atomic mass is 35.6.